The van der Waals surface area contributed by atoms with Crippen molar-refractivity contribution >= 4 is 0 Å². The summed E-state index contributed by atoms with van der Waals surface area (Å²) in [5.41, 5.74) is 0. The molecule has 0 heterocycles. The molecule has 0 radical (unpaired) electrons. The number of ether oxygens (including phenoxy) is 1. The normalized spacial score (nSPS) is 8.94. The van der Waals surface area contributed by atoms with Gasteiger partial charge in [-0.05, 0) is 6.42 Å². The van der Waals surface area contributed by atoms with Gasteiger partial charge < -0.3 is 4.74 Å². The van der Waals surface area contributed by atoms with Gasteiger partial charge in [-0.2, -0.15) is 0 Å². The van der Waals surface area contributed by atoms with E-state index >= 15 is 0 Å². The fourth-order valence-corrected chi connectivity index (χ4v) is 1.76. The molecule has 0 aromatic carbocycles. The maximum absolute atomic E-state index is 8.50. The molecule has 106 valence electrons. The summed E-state index contributed by atoms with van der Waals surface area (Å²) in [6, 6.07) is 0. The Balaban J connectivity index is 0. The second-order valence-electron chi connectivity index (χ2n) is 4.30. The minimum atomic E-state index is -2.00. The standard InChI is InChI=1S/C14H28O.2O.Ti/c1-3-5-6-7-8-9-10-11-12-13-14-15-4-2;;;/h4H,2-3,5-14H2,1H3;;;. The van der Waals surface area contributed by atoms with E-state index in [1.807, 2.05) is 0 Å². The van der Waals surface area contributed by atoms with Gasteiger partial charge in [0, 0.05) is 0 Å². The Morgan fingerprint density at radius 1 is 0.889 bits per heavy atom. The first-order valence-corrected chi connectivity index (χ1v) is 8.32. The molecule has 0 fully saturated rings. The third-order valence-electron chi connectivity index (χ3n) is 2.73. The van der Waals surface area contributed by atoms with Crippen LogP contribution in [0.15, 0.2) is 12.8 Å². The second-order valence-corrected chi connectivity index (χ2v) is 4.56. The van der Waals surface area contributed by atoms with Crippen molar-refractivity contribution in [1.29, 1.82) is 0 Å². The van der Waals surface area contributed by atoms with Crippen molar-refractivity contribution in [2.24, 2.45) is 0 Å². The monoisotopic (exact) mass is 292 g/mol. The fraction of sp³-hybridized carbons (Fsp3) is 0.857. The minimum absolute atomic E-state index is 0.847. The zero-order valence-electron chi connectivity index (χ0n) is 11.8. The Hall–Kier alpha value is -0.146. The van der Waals surface area contributed by atoms with E-state index in [0.29, 0.717) is 0 Å². The van der Waals surface area contributed by atoms with Crippen molar-refractivity contribution in [3.63, 3.8) is 0 Å². The van der Waals surface area contributed by atoms with Gasteiger partial charge in [0.15, 0.2) is 0 Å². The van der Waals surface area contributed by atoms with Crippen LogP contribution in [0.5, 0.6) is 0 Å². The molecule has 0 bridgehead atoms. The number of hydrogen-bond acceptors (Lipinski definition) is 3. The molecule has 0 saturated heterocycles. The Bertz CT molecular complexity index is 189. The molecule has 0 aromatic heterocycles. The molecule has 0 rings (SSSR count). The van der Waals surface area contributed by atoms with E-state index in [0.717, 1.165) is 6.61 Å². The summed E-state index contributed by atoms with van der Waals surface area (Å²) in [5.74, 6) is 0. The SMILES string of the molecule is C=COCCCCCCCCCCCC.[O]=[Ti]=[O]. The third kappa shape index (κ3) is 24.9. The molecule has 0 atom stereocenters. The van der Waals surface area contributed by atoms with Gasteiger partial charge in [-0.25, -0.2) is 0 Å². The molecule has 0 saturated carbocycles. The predicted molar refractivity (Wildman–Crippen MR) is 69.4 cm³/mol. The molecule has 0 N–H and O–H groups in total. The van der Waals surface area contributed by atoms with Crippen molar-refractivity contribution in [2.45, 2.75) is 71.1 Å². The number of rotatable bonds is 12. The first-order chi connectivity index (χ1) is 8.83. The average molecular weight is 292 g/mol. The van der Waals surface area contributed by atoms with Gasteiger partial charge in [-0.3, -0.25) is 0 Å². The topological polar surface area (TPSA) is 43.4 Å². The van der Waals surface area contributed by atoms with E-state index in [4.69, 9.17) is 11.4 Å². The predicted octanol–water partition coefficient (Wildman–Crippen LogP) is 4.83. The average Bonchev–Trinajstić information content (AvgIpc) is 2.37. The summed E-state index contributed by atoms with van der Waals surface area (Å²) in [5, 5.41) is 0. The van der Waals surface area contributed by atoms with Crippen LogP contribution in [0.1, 0.15) is 71.1 Å². The molecule has 0 aliphatic rings. The van der Waals surface area contributed by atoms with Gasteiger partial charge >= 0.3 is 25.7 Å². The fourth-order valence-electron chi connectivity index (χ4n) is 1.76. The zero-order chi connectivity index (χ0) is 13.9. The summed E-state index contributed by atoms with van der Waals surface area (Å²) in [6.45, 7) is 6.64. The van der Waals surface area contributed by atoms with Crippen LogP contribution in [0, 0.1) is 0 Å². The van der Waals surface area contributed by atoms with Crippen LogP contribution < -0.4 is 0 Å². The quantitative estimate of drug-likeness (QED) is 0.294. The molecule has 0 amide bonds. The van der Waals surface area contributed by atoms with Crippen LogP contribution in [0.3, 0.4) is 0 Å². The third-order valence-corrected chi connectivity index (χ3v) is 2.73. The van der Waals surface area contributed by atoms with Gasteiger partial charge in [0.2, 0.25) is 0 Å². The van der Waals surface area contributed by atoms with Crippen LogP contribution in [0.4, 0.5) is 0 Å². The Kier molecular flexibility index (Phi) is 24.7. The summed E-state index contributed by atoms with van der Waals surface area (Å²) in [6.07, 6.45) is 15.3. The summed E-state index contributed by atoms with van der Waals surface area (Å²) in [4.78, 5) is 0. The molecule has 3 nitrogen and oxygen atoms in total. The van der Waals surface area contributed by atoms with Crippen LogP contribution in [-0.4, -0.2) is 6.61 Å². The molecular formula is C14H28O3Ti. The molecule has 0 unspecified atom stereocenters. The van der Waals surface area contributed by atoms with Crippen molar-refractivity contribution in [2.75, 3.05) is 6.61 Å². The van der Waals surface area contributed by atoms with Crippen LogP contribution >= 0.6 is 0 Å². The molecule has 0 aliphatic heterocycles. The van der Waals surface area contributed by atoms with Crippen molar-refractivity contribution in [3.05, 3.63) is 12.8 Å². The summed E-state index contributed by atoms with van der Waals surface area (Å²) in [7, 11) is 0. The molecule has 0 aliphatic carbocycles. The first kappa shape index (κ1) is 20.2. The van der Waals surface area contributed by atoms with Crippen LogP contribution in [0.2, 0.25) is 0 Å². The van der Waals surface area contributed by atoms with Crippen LogP contribution in [0.25, 0.3) is 0 Å². The van der Waals surface area contributed by atoms with Crippen molar-refractivity contribution in [1.82, 2.24) is 0 Å². The van der Waals surface area contributed by atoms with Gasteiger partial charge in [-0.15, -0.1) is 0 Å². The van der Waals surface area contributed by atoms with Crippen molar-refractivity contribution in [3.8, 4) is 0 Å². The van der Waals surface area contributed by atoms with Gasteiger partial charge in [-0.1, -0.05) is 71.3 Å². The van der Waals surface area contributed by atoms with Gasteiger partial charge in [0.1, 0.15) is 0 Å². The van der Waals surface area contributed by atoms with Crippen molar-refractivity contribution < 1.29 is 30.5 Å². The molecule has 4 heteroatoms. The first-order valence-electron chi connectivity index (χ1n) is 7.05. The summed E-state index contributed by atoms with van der Waals surface area (Å²) >= 11 is -2.00. The molecule has 0 aromatic rings. The molecular weight excluding hydrogens is 264 g/mol. The molecule has 18 heavy (non-hydrogen) atoms. The van der Waals surface area contributed by atoms with Gasteiger partial charge in [0.25, 0.3) is 0 Å². The second kappa shape index (κ2) is 22.1. The summed E-state index contributed by atoms with van der Waals surface area (Å²) < 4.78 is 22.1. The molecule has 0 spiro atoms. The van der Waals surface area contributed by atoms with E-state index in [-0.39, 0.29) is 0 Å². The van der Waals surface area contributed by atoms with E-state index in [1.165, 1.54) is 70.5 Å². The van der Waals surface area contributed by atoms with E-state index in [1.54, 1.807) is 0 Å². The van der Waals surface area contributed by atoms with E-state index < -0.39 is 19.1 Å². The van der Waals surface area contributed by atoms with Gasteiger partial charge in [0.05, 0.1) is 12.9 Å². The number of unbranched alkanes of at least 4 members (excludes halogenated alkanes) is 9. The Morgan fingerprint density at radius 3 is 1.67 bits per heavy atom. The Labute approximate surface area is 121 Å². The maximum atomic E-state index is 8.50. The van der Waals surface area contributed by atoms with Crippen LogP contribution in [-0.2, 0) is 30.5 Å². The Morgan fingerprint density at radius 2 is 1.28 bits per heavy atom. The number of hydrogen-bond donors (Lipinski definition) is 0. The van der Waals surface area contributed by atoms with E-state index in [9.17, 15) is 0 Å². The zero-order valence-corrected chi connectivity index (χ0v) is 13.3. The van der Waals surface area contributed by atoms with E-state index in [2.05, 4.69) is 13.5 Å².